The van der Waals surface area contributed by atoms with Gasteiger partial charge in [-0.1, -0.05) is 48.8 Å². The standard InChI is InChI=1S/C13H16ClN3OS/c1-2-3-8-17-12(18)15-16-13(17)19-9-10-4-6-11(14)7-5-10/h4-7H,2-3,8-9H2,1H3,(H,15,18). The van der Waals surface area contributed by atoms with Crippen LogP contribution in [0.15, 0.2) is 34.2 Å². The number of nitrogens with one attached hydrogen (secondary N) is 1. The van der Waals surface area contributed by atoms with Crippen molar-refractivity contribution in [3.63, 3.8) is 0 Å². The molecule has 2 aromatic rings. The van der Waals surface area contributed by atoms with Crippen LogP contribution in [-0.2, 0) is 12.3 Å². The number of thioether (sulfide) groups is 1. The second kappa shape index (κ2) is 6.82. The second-order valence-corrected chi connectivity index (χ2v) is 5.61. The predicted octanol–water partition coefficient (Wildman–Crippen LogP) is 3.32. The fraction of sp³-hybridized carbons (Fsp3) is 0.385. The molecule has 0 unspecified atom stereocenters. The fourth-order valence-corrected chi connectivity index (χ4v) is 2.71. The molecule has 0 spiro atoms. The van der Waals surface area contributed by atoms with E-state index in [1.165, 1.54) is 0 Å². The van der Waals surface area contributed by atoms with Crippen LogP contribution in [-0.4, -0.2) is 14.8 Å². The lowest BCUT2D eigenvalue weighted by Crippen LogP contribution is -2.17. The van der Waals surface area contributed by atoms with Gasteiger partial charge in [0.2, 0.25) is 0 Å². The van der Waals surface area contributed by atoms with Gasteiger partial charge >= 0.3 is 5.69 Å². The zero-order valence-electron chi connectivity index (χ0n) is 10.7. The molecule has 0 amide bonds. The van der Waals surface area contributed by atoms with Gasteiger partial charge in [-0.05, 0) is 24.1 Å². The SMILES string of the molecule is CCCCn1c(SCc2ccc(Cl)cc2)n[nH]c1=O. The van der Waals surface area contributed by atoms with E-state index in [0.29, 0.717) is 0 Å². The van der Waals surface area contributed by atoms with Gasteiger partial charge in [0.05, 0.1) is 0 Å². The average Bonchev–Trinajstić information content (AvgIpc) is 2.76. The van der Waals surface area contributed by atoms with E-state index in [-0.39, 0.29) is 5.69 Å². The molecule has 19 heavy (non-hydrogen) atoms. The van der Waals surface area contributed by atoms with Crippen molar-refractivity contribution in [1.29, 1.82) is 0 Å². The molecule has 2 rings (SSSR count). The van der Waals surface area contributed by atoms with Crippen molar-refractivity contribution in [3.8, 4) is 0 Å². The Hall–Kier alpha value is -1.20. The molecule has 0 bridgehead atoms. The van der Waals surface area contributed by atoms with E-state index < -0.39 is 0 Å². The Bertz CT molecular complexity index is 576. The molecule has 0 fully saturated rings. The van der Waals surface area contributed by atoms with Gasteiger partial charge in [-0.2, -0.15) is 0 Å². The van der Waals surface area contributed by atoms with E-state index in [1.807, 2.05) is 24.3 Å². The minimum absolute atomic E-state index is 0.132. The predicted molar refractivity (Wildman–Crippen MR) is 78.8 cm³/mol. The summed E-state index contributed by atoms with van der Waals surface area (Å²) in [4.78, 5) is 11.6. The molecule has 1 heterocycles. The summed E-state index contributed by atoms with van der Waals surface area (Å²) in [5.74, 6) is 0.771. The summed E-state index contributed by atoms with van der Waals surface area (Å²) in [7, 11) is 0. The van der Waals surface area contributed by atoms with Crippen molar-refractivity contribution in [2.45, 2.75) is 37.2 Å². The van der Waals surface area contributed by atoms with Crippen LogP contribution in [0, 0.1) is 0 Å². The third-order valence-corrected chi connectivity index (χ3v) is 4.04. The number of unbranched alkanes of at least 4 members (excludes halogenated alkanes) is 1. The summed E-state index contributed by atoms with van der Waals surface area (Å²) < 4.78 is 1.70. The summed E-state index contributed by atoms with van der Waals surface area (Å²) in [5, 5.41) is 8.04. The van der Waals surface area contributed by atoms with Gasteiger partial charge in [-0.25, -0.2) is 9.89 Å². The smallest absolute Gasteiger partial charge is 0.270 e. The molecule has 0 radical (unpaired) electrons. The Balaban J connectivity index is 2.03. The zero-order valence-corrected chi connectivity index (χ0v) is 12.3. The highest BCUT2D eigenvalue weighted by Gasteiger charge is 2.08. The first kappa shape index (κ1) is 14.2. The average molecular weight is 298 g/mol. The molecule has 1 aromatic carbocycles. The molecule has 0 aliphatic heterocycles. The summed E-state index contributed by atoms with van der Waals surface area (Å²) >= 11 is 7.40. The summed E-state index contributed by atoms with van der Waals surface area (Å²) in [6.07, 6.45) is 2.03. The van der Waals surface area contributed by atoms with E-state index in [4.69, 9.17) is 11.6 Å². The van der Waals surface area contributed by atoms with Crippen LogP contribution in [0.2, 0.25) is 5.02 Å². The van der Waals surface area contributed by atoms with Crippen molar-refractivity contribution in [2.24, 2.45) is 0 Å². The zero-order chi connectivity index (χ0) is 13.7. The first-order chi connectivity index (χ1) is 9.20. The van der Waals surface area contributed by atoms with Crippen molar-refractivity contribution in [3.05, 3.63) is 45.3 Å². The lowest BCUT2D eigenvalue weighted by Gasteiger charge is -2.04. The Labute approximate surface area is 121 Å². The van der Waals surface area contributed by atoms with Crippen LogP contribution in [0.1, 0.15) is 25.3 Å². The third-order valence-electron chi connectivity index (χ3n) is 2.74. The Morgan fingerprint density at radius 2 is 2.11 bits per heavy atom. The first-order valence-electron chi connectivity index (χ1n) is 6.23. The molecule has 6 heteroatoms. The maximum Gasteiger partial charge on any atom is 0.343 e. The Morgan fingerprint density at radius 3 is 2.79 bits per heavy atom. The van der Waals surface area contributed by atoms with Crippen LogP contribution in [0.25, 0.3) is 0 Å². The Kier molecular flexibility index (Phi) is 5.10. The molecule has 0 atom stereocenters. The van der Waals surface area contributed by atoms with Crippen molar-refractivity contribution in [1.82, 2.24) is 14.8 Å². The number of aromatic nitrogens is 3. The fourth-order valence-electron chi connectivity index (χ4n) is 1.66. The van der Waals surface area contributed by atoms with Crippen LogP contribution >= 0.6 is 23.4 Å². The van der Waals surface area contributed by atoms with Crippen molar-refractivity contribution >= 4 is 23.4 Å². The minimum Gasteiger partial charge on any atom is -0.270 e. The van der Waals surface area contributed by atoms with Gasteiger partial charge < -0.3 is 0 Å². The van der Waals surface area contributed by atoms with Crippen LogP contribution in [0.4, 0.5) is 0 Å². The number of rotatable bonds is 6. The van der Waals surface area contributed by atoms with E-state index in [1.54, 1.807) is 16.3 Å². The van der Waals surface area contributed by atoms with Gasteiger partial charge in [-0.3, -0.25) is 4.57 Å². The highest BCUT2D eigenvalue weighted by atomic mass is 35.5. The van der Waals surface area contributed by atoms with Crippen LogP contribution in [0.5, 0.6) is 0 Å². The number of H-pyrrole nitrogens is 1. The largest absolute Gasteiger partial charge is 0.343 e. The van der Waals surface area contributed by atoms with E-state index in [9.17, 15) is 4.79 Å². The van der Waals surface area contributed by atoms with E-state index in [2.05, 4.69) is 17.1 Å². The highest BCUT2D eigenvalue weighted by Crippen LogP contribution is 2.21. The number of hydrogen-bond donors (Lipinski definition) is 1. The topological polar surface area (TPSA) is 50.7 Å². The lowest BCUT2D eigenvalue weighted by molar-refractivity contribution is 0.573. The monoisotopic (exact) mass is 297 g/mol. The van der Waals surface area contributed by atoms with Crippen LogP contribution in [0.3, 0.4) is 0 Å². The lowest BCUT2D eigenvalue weighted by atomic mass is 10.2. The molecule has 0 aliphatic carbocycles. The number of hydrogen-bond acceptors (Lipinski definition) is 3. The van der Waals surface area contributed by atoms with Gasteiger partial charge in [0, 0.05) is 17.3 Å². The molecule has 0 aliphatic rings. The first-order valence-corrected chi connectivity index (χ1v) is 7.59. The molecule has 0 saturated carbocycles. The van der Waals surface area contributed by atoms with E-state index >= 15 is 0 Å². The van der Waals surface area contributed by atoms with Gasteiger partial charge in [0.1, 0.15) is 0 Å². The molecule has 1 N–H and O–H groups in total. The van der Waals surface area contributed by atoms with Crippen molar-refractivity contribution < 1.29 is 0 Å². The van der Waals surface area contributed by atoms with E-state index in [0.717, 1.165) is 40.9 Å². The quantitative estimate of drug-likeness (QED) is 0.832. The molecule has 1 aromatic heterocycles. The molecule has 4 nitrogen and oxygen atoms in total. The minimum atomic E-state index is -0.132. The summed E-state index contributed by atoms with van der Waals surface area (Å²) in [5.41, 5.74) is 1.03. The normalized spacial score (nSPS) is 10.8. The summed E-state index contributed by atoms with van der Waals surface area (Å²) in [6.45, 7) is 2.82. The number of halogens is 1. The molecular formula is C13H16ClN3OS. The number of nitrogens with zero attached hydrogens (tertiary/aromatic N) is 2. The number of aromatic amines is 1. The van der Waals surface area contributed by atoms with Crippen LogP contribution < -0.4 is 5.69 Å². The third kappa shape index (κ3) is 3.88. The second-order valence-electron chi connectivity index (χ2n) is 4.23. The molecular weight excluding hydrogens is 282 g/mol. The van der Waals surface area contributed by atoms with Crippen molar-refractivity contribution in [2.75, 3.05) is 0 Å². The Morgan fingerprint density at radius 1 is 1.37 bits per heavy atom. The van der Waals surface area contributed by atoms with Gasteiger partial charge in [0.15, 0.2) is 5.16 Å². The molecule has 0 saturated heterocycles. The highest BCUT2D eigenvalue weighted by molar-refractivity contribution is 7.98. The maximum absolute atomic E-state index is 11.6. The number of benzene rings is 1. The van der Waals surface area contributed by atoms with Gasteiger partial charge in [0.25, 0.3) is 0 Å². The van der Waals surface area contributed by atoms with Gasteiger partial charge in [-0.15, -0.1) is 5.10 Å². The summed E-state index contributed by atoms with van der Waals surface area (Å²) in [6, 6.07) is 7.70. The molecule has 102 valence electrons. The maximum atomic E-state index is 11.6.